The molecule has 10 nitrogen and oxygen atoms in total. The van der Waals surface area contributed by atoms with Crippen molar-refractivity contribution in [1.29, 1.82) is 0 Å². The number of likely N-dealkylation sites (N-methyl/N-ethyl adjacent to an activating group) is 1. The Hall–Kier alpha value is -3.53. The van der Waals surface area contributed by atoms with Crippen LogP contribution in [0.1, 0.15) is 6.42 Å². The standard InChI is InChI=1S/C21H25N5O5/c1-25-14(8-17(29-3)21(25)27)11-31-20-18(30-4)10-26-19(24-20)16(9-23-26)12-5-13(22)7-15(6-12)28-2/h5-7,9-10,14,17H,8,11,22H2,1-4H3/t14-,17+/m0/s1. The summed E-state index contributed by atoms with van der Waals surface area (Å²) in [6, 6.07) is 5.31. The minimum Gasteiger partial charge on any atom is -0.497 e. The van der Waals surface area contributed by atoms with Crippen LogP contribution in [0, 0.1) is 0 Å². The van der Waals surface area contributed by atoms with Crippen LogP contribution < -0.4 is 19.9 Å². The SMILES string of the molecule is COc1cc(N)cc(-c2cnn3cc(OC)c(OC[C@@H]4C[C@@H](OC)C(=O)N4C)nc23)c1. The summed E-state index contributed by atoms with van der Waals surface area (Å²) >= 11 is 0. The lowest BCUT2D eigenvalue weighted by molar-refractivity contribution is -0.135. The quantitative estimate of drug-likeness (QED) is 0.566. The van der Waals surface area contributed by atoms with Gasteiger partial charge in [0.1, 0.15) is 18.5 Å². The van der Waals surface area contributed by atoms with Crippen LogP contribution in [0.15, 0.2) is 30.6 Å². The van der Waals surface area contributed by atoms with Gasteiger partial charge in [0.2, 0.25) is 0 Å². The van der Waals surface area contributed by atoms with Crippen molar-refractivity contribution in [3.8, 4) is 28.5 Å². The predicted octanol–water partition coefficient (Wildman–Crippen LogP) is 1.62. The fraction of sp³-hybridized carbons (Fsp3) is 0.381. The highest BCUT2D eigenvalue weighted by molar-refractivity contribution is 5.83. The van der Waals surface area contributed by atoms with Crippen molar-refractivity contribution in [3.63, 3.8) is 0 Å². The third-order valence-electron chi connectivity index (χ3n) is 5.48. The molecule has 164 valence electrons. The van der Waals surface area contributed by atoms with Crippen LogP contribution in [0.25, 0.3) is 16.8 Å². The van der Waals surface area contributed by atoms with E-state index in [2.05, 4.69) is 10.1 Å². The normalized spacial score (nSPS) is 18.6. The van der Waals surface area contributed by atoms with E-state index < -0.39 is 6.10 Å². The molecule has 1 aliphatic heterocycles. The van der Waals surface area contributed by atoms with Gasteiger partial charge in [-0.2, -0.15) is 10.1 Å². The van der Waals surface area contributed by atoms with Gasteiger partial charge in [-0.05, 0) is 17.7 Å². The number of carbonyl (C=O) groups excluding carboxylic acids is 1. The highest BCUT2D eigenvalue weighted by atomic mass is 16.5. The van der Waals surface area contributed by atoms with Gasteiger partial charge < -0.3 is 29.6 Å². The lowest BCUT2D eigenvalue weighted by atomic mass is 10.1. The Bertz CT molecular complexity index is 1110. The van der Waals surface area contributed by atoms with Crippen LogP contribution in [-0.4, -0.2) is 72.5 Å². The van der Waals surface area contributed by atoms with E-state index in [4.69, 9.17) is 24.7 Å². The fourth-order valence-corrected chi connectivity index (χ4v) is 3.69. The van der Waals surface area contributed by atoms with Gasteiger partial charge in [-0.25, -0.2) is 4.52 Å². The number of nitrogens with two attached hydrogens (primary N) is 1. The number of fused-ring (bicyclic) bond motifs is 1. The molecule has 2 N–H and O–H groups in total. The molecule has 1 fully saturated rings. The van der Waals surface area contributed by atoms with Gasteiger partial charge in [0, 0.05) is 37.9 Å². The maximum absolute atomic E-state index is 12.2. The Balaban J connectivity index is 1.66. The van der Waals surface area contributed by atoms with Gasteiger partial charge in [-0.15, -0.1) is 0 Å². The van der Waals surface area contributed by atoms with Crippen LogP contribution >= 0.6 is 0 Å². The van der Waals surface area contributed by atoms with Crippen molar-refractivity contribution in [2.24, 2.45) is 0 Å². The summed E-state index contributed by atoms with van der Waals surface area (Å²) in [7, 11) is 6.40. The molecular weight excluding hydrogens is 402 g/mol. The summed E-state index contributed by atoms with van der Waals surface area (Å²) in [6.07, 6.45) is 3.51. The number of hydrogen-bond donors (Lipinski definition) is 1. The lowest BCUT2D eigenvalue weighted by Gasteiger charge is -2.20. The summed E-state index contributed by atoms with van der Waals surface area (Å²) < 4.78 is 23.6. The van der Waals surface area contributed by atoms with E-state index in [1.807, 2.05) is 12.1 Å². The number of nitrogens with zero attached hydrogens (tertiary/aromatic N) is 4. The fourth-order valence-electron chi connectivity index (χ4n) is 3.69. The molecule has 0 bridgehead atoms. The first kappa shape index (κ1) is 20.7. The maximum Gasteiger partial charge on any atom is 0.260 e. The van der Waals surface area contributed by atoms with E-state index in [1.54, 1.807) is 42.0 Å². The zero-order chi connectivity index (χ0) is 22.1. The van der Waals surface area contributed by atoms with Crippen LogP contribution in [0.4, 0.5) is 5.69 Å². The Kier molecular flexibility index (Phi) is 5.55. The van der Waals surface area contributed by atoms with Crippen LogP contribution in [0.5, 0.6) is 17.4 Å². The number of hydrogen-bond acceptors (Lipinski definition) is 8. The average Bonchev–Trinajstić information content (AvgIpc) is 3.31. The molecule has 1 aliphatic rings. The second-order valence-corrected chi connectivity index (χ2v) is 7.31. The van der Waals surface area contributed by atoms with Crippen LogP contribution in [-0.2, 0) is 9.53 Å². The molecule has 10 heteroatoms. The molecule has 3 aromatic rings. The van der Waals surface area contributed by atoms with Crippen LogP contribution in [0.3, 0.4) is 0 Å². The number of carbonyl (C=O) groups is 1. The highest BCUT2D eigenvalue weighted by Gasteiger charge is 2.37. The number of amides is 1. The van der Waals surface area contributed by atoms with E-state index in [0.717, 1.165) is 11.1 Å². The molecule has 31 heavy (non-hydrogen) atoms. The van der Waals surface area contributed by atoms with E-state index in [0.29, 0.717) is 35.1 Å². The van der Waals surface area contributed by atoms with Crippen molar-refractivity contribution < 1.29 is 23.7 Å². The minimum atomic E-state index is -0.448. The van der Waals surface area contributed by atoms with E-state index in [1.165, 1.54) is 14.2 Å². The zero-order valence-electron chi connectivity index (χ0n) is 17.9. The molecule has 0 spiro atoms. The first-order valence-electron chi connectivity index (χ1n) is 9.74. The molecule has 0 radical (unpaired) electrons. The Labute approximate surface area is 179 Å². The summed E-state index contributed by atoms with van der Waals surface area (Å²) in [5.74, 6) is 1.33. The second kappa shape index (κ2) is 8.31. The summed E-state index contributed by atoms with van der Waals surface area (Å²) in [5, 5.41) is 4.38. The third kappa shape index (κ3) is 3.81. The molecule has 2 atom stereocenters. The van der Waals surface area contributed by atoms with Crippen molar-refractivity contribution in [1.82, 2.24) is 19.5 Å². The molecule has 2 aromatic heterocycles. The predicted molar refractivity (Wildman–Crippen MR) is 113 cm³/mol. The number of likely N-dealkylation sites (tertiary alicyclic amines) is 1. The first-order valence-corrected chi connectivity index (χ1v) is 9.74. The van der Waals surface area contributed by atoms with Gasteiger partial charge in [0.25, 0.3) is 11.8 Å². The zero-order valence-corrected chi connectivity index (χ0v) is 17.9. The highest BCUT2D eigenvalue weighted by Crippen LogP contribution is 2.33. The lowest BCUT2D eigenvalue weighted by Crippen LogP contribution is -2.34. The Morgan fingerprint density at radius 3 is 2.68 bits per heavy atom. The molecule has 3 heterocycles. The number of anilines is 1. The van der Waals surface area contributed by atoms with Crippen molar-refractivity contribution >= 4 is 17.2 Å². The Morgan fingerprint density at radius 2 is 2.00 bits per heavy atom. The largest absolute Gasteiger partial charge is 0.497 e. The summed E-state index contributed by atoms with van der Waals surface area (Å²) in [6.45, 7) is 0.261. The molecule has 0 unspecified atom stereocenters. The van der Waals surface area contributed by atoms with Crippen molar-refractivity contribution in [3.05, 3.63) is 30.6 Å². The topological polar surface area (TPSA) is 113 Å². The van der Waals surface area contributed by atoms with Gasteiger partial charge >= 0.3 is 0 Å². The smallest absolute Gasteiger partial charge is 0.260 e. The van der Waals surface area contributed by atoms with Crippen molar-refractivity contribution in [2.75, 3.05) is 40.7 Å². The summed E-state index contributed by atoms with van der Waals surface area (Å²) in [4.78, 5) is 18.5. The molecule has 0 saturated carbocycles. The Morgan fingerprint density at radius 1 is 1.19 bits per heavy atom. The van der Waals surface area contributed by atoms with Gasteiger partial charge in [0.05, 0.1) is 32.7 Å². The number of ether oxygens (including phenoxy) is 4. The molecule has 1 amide bonds. The molecule has 1 aromatic carbocycles. The number of benzene rings is 1. The van der Waals surface area contributed by atoms with Gasteiger partial charge in [-0.1, -0.05) is 0 Å². The van der Waals surface area contributed by atoms with E-state index in [-0.39, 0.29) is 18.6 Å². The molecular formula is C21H25N5O5. The molecule has 0 aliphatic carbocycles. The van der Waals surface area contributed by atoms with E-state index in [9.17, 15) is 4.79 Å². The van der Waals surface area contributed by atoms with Crippen LogP contribution in [0.2, 0.25) is 0 Å². The van der Waals surface area contributed by atoms with Gasteiger partial charge in [0.15, 0.2) is 11.4 Å². The number of aromatic nitrogens is 3. The van der Waals surface area contributed by atoms with E-state index >= 15 is 0 Å². The molecule has 1 saturated heterocycles. The minimum absolute atomic E-state index is 0.0554. The molecule has 4 rings (SSSR count). The van der Waals surface area contributed by atoms with Crippen molar-refractivity contribution in [2.45, 2.75) is 18.6 Å². The summed E-state index contributed by atoms with van der Waals surface area (Å²) in [5.41, 5.74) is 8.75. The number of nitrogen functional groups attached to an aromatic ring is 1. The number of rotatable bonds is 7. The second-order valence-electron chi connectivity index (χ2n) is 7.31. The van der Waals surface area contributed by atoms with Gasteiger partial charge in [-0.3, -0.25) is 4.79 Å². The maximum atomic E-state index is 12.2. The number of methoxy groups -OCH3 is 3. The average molecular weight is 427 g/mol. The monoisotopic (exact) mass is 427 g/mol. The first-order chi connectivity index (χ1) is 14.9. The third-order valence-corrected chi connectivity index (χ3v) is 5.48.